The highest BCUT2D eigenvalue weighted by Crippen LogP contribution is 2.34. The van der Waals surface area contributed by atoms with Crippen molar-refractivity contribution in [2.75, 3.05) is 13.1 Å². The Hall–Kier alpha value is -1.00. The van der Waals surface area contributed by atoms with Crippen molar-refractivity contribution in [1.29, 1.82) is 0 Å². The van der Waals surface area contributed by atoms with Crippen LogP contribution in [0.3, 0.4) is 0 Å². The quantitative estimate of drug-likeness (QED) is 0.705. The average Bonchev–Trinajstić information content (AvgIpc) is 2.95. The third kappa shape index (κ3) is 2.56. The number of fused-ring (bicyclic) bond motifs is 3. The Morgan fingerprint density at radius 2 is 1.95 bits per heavy atom. The molecule has 114 valence electrons. The molecule has 0 unspecified atom stereocenters. The molecular weight excluding hydrogens is 335 g/mol. The van der Waals surface area contributed by atoms with Gasteiger partial charge in [-0.25, -0.2) is 0 Å². The molecule has 22 heavy (non-hydrogen) atoms. The number of nitrogens with zero attached hydrogens (tertiary/aromatic N) is 1. The lowest BCUT2D eigenvalue weighted by Crippen LogP contribution is -2.16. The molecule has 0 saturated carbocycles. The van der Waals surface area contributed by atoms with Gasteiger partial charge in [0.15, 0.2) is 0 Å². The highest BCUT2D eigenvalue weighted by atomic mass is 35.5. The molecule has 0 atom stereocenters. The Bertz CT molecular complexity index is 835. The van der Waals surface area contributed by atoms with E-state index < -0.39 is 0 Å². The van der Waals surface area contributed by atoms with Crippen molar-refractivity contribution in [1.82, 2.24) is 9.88 Å². The molecule has 0 radical (unpaired) electrons. The van der Waals surface area contributed by atoms with E-state index in [0.29, 0.717) is 10.0 Å². The van der Waals surface area contributed by atoms with Crippen molar-refractivity contribution in [3.63, 3.8) is 0 Å². The number of rotatable bonds is 2. The molecule has 4 rings (SSSR count). The fraction of sp³-hybridized carbons (Fsp3) is 0.294. The van der Waals surface area contributed by atoms with Gasteiger partial charge in [-0.3, -0.25) is 0 Å². The fourth-order valence-corrected chi connectivity index (χ4v) is 4.73. The summed E-state index contributed by atoms with van der Waals surface area (Å²) in [6.45, 7) is 2.98. The second kappa shape index (κ2) is 5.89. The summed E-state index contributed by atoms with van der Waals surface area (Å²) in [5, 5.41) is 4.72. The first kappa shape index (κ1) is 14.6. The zero-order valence-electron chi connectivity index (χ0n) is 12.0. The van der Waals surface area contributed by atoms with Crippen LogP contribution < -0.4 is 5.32 Å². The molecule has 5 heteroatoms. The van der Waals surface area contributed by atoms with Crippen LogP contribution >= 0.6 is 34.5 Å². The average molecular weight is 351 g/mol. The first-order valence-electron chi connectivity index (χ1n) is 7.46. The SMILES string of the molecule is Clc1ccc(Cn2ccc3sc4c(c32)CCNCC4)cc1Cl. The number of hydrogen-bond donors (Lipinski definition) is 1. The zero-order chi connectivity index (χ0) is 15.1. The van der Waals surface area contributed by atoms with Crippen LogP contribution in [-0.4, -0.2) is 17.7 Å². The summed E-state index contributed by atoms with van der Waals surface area (Å²) in [6.07, 6.45) is 4.43. The summed E-state index contributed by atoms with van der Waals surface area (Å²) in [6, 6.07) is 8.12. The third-order valence-corrected chi connectivity index (χ3v) is 6.18. The van der Waals surface area contributed by atoms with Gasteiger partial charge in [0.2, 0.25) is 0 Å². The van der Waals surface area contributed by atoms with Gasteiger partial charge in [0.1, 0.15) is 0 Å². The molecule has 0 amide bonds. The Morgan fingerprint density at radius 3 is 2.82 bits per heavy atom. The fourth-order valence-electron chi connectivity index (χ4n) is 3.15. The van der Waals surface area contributed by atoms with Crippen molar-refractivity contribution in [3.05, 3.63) is 56.5 Å². The highest BCUT2D eigenvalue weighted by Gasteiger charge is 2.17. The molecule has 1 aliphatic rings. The maximum absolute atomic E-state index is 6.14. The zero-order valence-corrected chi connectivity index (χ0v) is 14.4. The van der Waals surface area contributed by atoms with Crippen LogP contribution in [0.2, 0.25) is 10.0 Å². The van der Waals surface area contributed by atoms with Crippen LogP contribution in [0.15, 0.2) is 30.5 Å². The summed E-state index contributed by atoms with van der Waals surface area (Å²) in [7, 11) is 0. The monoisotopic (exact) mass is 350 g/mol. The predicted molar refractivity (Wildman–Crippen MR) is 95.7 cm³/mol. The van der Waals surface area contributed by atoms with Crippen LogP contribution in [0.5, 0.6) is 0 Å². The smallest absolute Gasteiger partial charge is 0.0628 e. The maximum Gasteiger partial charge on any atom is 0.0628 e. The van der Waals surface area contributed by atoms with Crippen molar-refractivity contribution in [2.45, 2.75) is 19.4 Å². The van der Waals surface area contributed by atoms with Gasteiger partial charge in [0.25, 0.3) is 0 Å². The van der Waals surface area contributed by atoms with Crippen LogP contribution in [0.4, 0.5) is 0 Å². The van der Waals surface area contributed by atoms with E-state index in [1.54, 1.807) is 4.88 Å². The standard InChI is InChI=1S/C17H16Cl2N2S/c18-13-2-1-11(9-14(13)19)10-21-8-5-16-17(21)12-3-6-20-7-4-15(12)22-16/h1-2,5,8-9,20H,3-4,6-7,10H2. The van der Waals surface area contributed by atoms with Gasteiger partial charge in [0, 0.05) is 17.6 Å². The minimum absolute atomic E-state index is 0.610. The molecular formula is C17H16Cl2N2S. The largest absolute Gasteiger partial charge is 0.342 e. The molecule has 0 spiro atoms. The highest BCUT2D eigenvalue weighted by molar-refractivity contribution is 7.19. The van der Waals surface area contributed by atoms with Crippen molar-refractivity contribution in [2.24, 2.45) is 0 Å². The number of nitrogens with one attached hydrogen (secondary N) is 1. The molecule has 1 aliphatic heterocycles. The van der Waals surface area contributed by atoms with E-state index >= 15 is 0 Å². The van der Waals surface area contributed by atoms with E-state index in [1.165, 1.54) is 21.3 Å². The molecule has 1 N–H and O–H groups in total. The molecule has 3 heterocycles. The molecule has 0 saturated heterocycles. The Morgan fingerprint density at radius 1 is 1.09 bits per heavy atom. The number of benzene rings is 1. The lowest BCUT2D eigenvalue weighted by atomic mass is 10.1. The topological polar surface area (TPSA) is 17.0 Å². The summed E-state index contributed by atoms with van der Waals surface area (Å²) in [5.74, 6) is 0. The van der Waals surface area contributed by atoms with E-state index in [9.17, 15) is 0 Å². The summed E-state index contributed by atoms with van der Waals surface area (Å²) < 4.78 is 3.74. The molecule has 2 nitrogen and oxygen atoms in total. The lowest BCUT2D eigenvalue weighted by molar-refractivity contribution is 0.711. The maximum atomic E-state index is 6.14. The van der Waals surface area contributed by atoms with Crippen molar-refractivity contribution in [3.8, 4) is 0 Å². The van der Waals surface area contributed by atoms with E-state index in [1.807, 2.05) is 29.5 Å². The minimum Gasteiger partial charge on any atom is -0.342 e. The van der Waals surface area contributed by atoms with E-state index in [4.69, 9.17) is 23.2 Å². The number of thiophene rings is 1. The van der Waals surface area contributed by atoms with E-state index in [-0.39, 0.29) is 0 Å². The van der Waals surface area contributed by atoms with Gasteiger partial charge in [-0.1, -0.05) is 29.3 Å². The number of aromatic nitrogens is 1. The van der Waals surface area contributed by atoms with Gasteiger partial charge in [0.05, 0.1) is 20.3 Å². The van der Waals surface area contributed by atoms with E-state index in [0.717, 1.165) is 32.5 Å². The first-order valence-corrected chi connectivity index (χ1v) is 9.03. The summed E-state index contributed by atoms with van der Waals surface area (Å²) >= 11 is 14.1. The van der Waals surface area contributed by atoms with E-state index in [2.05, 4.69) is 22.1 Å². The van der Waals surface area contributed by atoms with Crippen LogP contribution in [-0.2, 0) is 19.4 Å². The van der Waals surface area contributed by atoms with Crippen molar-refractivity contribution >= 4 is 44.8 Å². The summed E-state index contributed by atoms with van der Waals surface area (Å²) in [4.78, 5) is 1.54. The normalized spacial score (nSPS) is 15.0. The molecule has 0 bridgehead atoms. The van der Waals surface area contributed by atoms with Crippen molar-refractivity contribution < 1.29 is 0 Å². The molecule has 0 fully saturated rings. The van der Waals surface area contributed by atoms with Gasteiger partial charge in [-0.05, 0) is 55.3 Å². The molecule has 1 aromatic carbocycles. The Labute approximate surface area is 143 Å². The predicted octanol–water partition coefficient (Wildman–Crippen LogP) is 4.75. The van der Waals surface area contributed by atoms with Gasteiger partial charge in [-0.2, -0.15) is 0 Å². The van der Waals surface area contributed by atoms with Crippen LogP contribution in [0.25, 0.3) is 10.2 Å². The summed E-state index contributed by atoms with van der Waals surface area (Å²) in [5.41, 5.74) is 4.10. The van der Waals surface area contributed by atoms with Gasteiger partial charge < -0.3 is 9.88 Å². The second-order valence-corrected chi connectivity index (χ2v) is 7.61. The Balaban J connectivity index is 1.75. The van der Waals surface area contributed by atoms with Crippen LogP contribution in [0, 0.1) is 0 Å². The lowest BCUT2D eigenvalue weighted by Gasteiger charge is -2.08. The van der Waals surface area contributed by atoms with Gasteiger partial charge >= 0.3 is 0 Å². The molecule has 3 aromatic rings. The number of hydrogen-bond acceptors (Lipinski definition) is 2. The Kier molecular flexibility index (Phi) is 3.91. The van der Waals surface area contributed by atoms with Crippen LogP contribution in [0.1, 0.15) is 16.0 Å². The third-order valence-electron chi connectivity index (χ3n) is 4.20. The first-order chi connectivity index (χ1) is 10.7. The minimum atomic E-state index is 0.610. The number of halogens is 2. The second-order valence-electron chi connectivity index (χ2n) is 5.66. The molecule has 2 aromatic heterocycles. The van der Waals surface area contributed by atoms with Gasteiger partial charge in [-0.15, -0.1) is 11.3 Å². The molecule has 0 aliphatic carbocycles.